The van der Waals surface area contributed by atoms with Crippen LogP contribution in [-0.2, 0) is 38.1 Å². The molecule has 0 saturated carbocycles. The molecule has 0 radical (unpaired) electrons. The van der Waals surface area contributed by atoms with Gasteiger partial charge in [-0.1, -0.05) is 54.1 Å². The Labute approximate surface area is 248 Å². The number of hydrogen-bond donors (Lipinski definition) is 5. The molecule has 0 rings (SSSR count). The normalized spacial score (nSPS) is 11.6. The molecule has 0 bridgehead atoms. The Kier molecular flexibility index (Phi) is 20.5. The van der Waals surface area contributed by atoms with Gasteiger partial charge in [0.05, 0.1) is 33.0 Å². The molecule has 40 heavy (non-hydrogen) atoms. The second kappa shape index (κ2) is 21.6. The number of amides is 5. The second-order valence-corrected chi connectivity index (χ2v) is 11.5. The zero-order chi connectivity index (χ0) is 30.4. The first-order chi connectivity index (χ1) is 18.7. The number of carbonyl (C=O) groups is 5. The molecule has 0 aromatic heterocycles. The summed E-state index contributed by atoms with van der Waals surface area (Å²) >= 11 is 16.5. The van der Waals surface area contributed by atoms with Gasteiger partial charge in [-0.05, 0) is 12.8 Å². The zero-order valence-electron chi connectivity index (χ0n) is 22.4. The molecular formula is C23H40Cl3N5O9. The summed E-state index contributed by atoms with van der Waals surface area (Å²) in [6, 6.07) is 0. The van der Waals surface area contributed by atoms with Gasteiger partial charge in [-0.2, -0.15) is 0 Å². The van der Waals surface area contributed by atoms with E-state index in [1.165, 1.54) is 0 Å². The van der Waals surface area contributed by atoms with Crippen LogP contribution in [-0.4, -0.2) is 91.8 Å². The van der Waals surface area contributed by atoms with E-state index in [2.05, 4.69) is 10.6 Å². The minimum absolute atomic E-state index is 0.0104. The fourth-order valence-corrected chi connectivity index (χ4v) is 3.31. The number of carbonyl (C=O) groups excluding carboxylic acids is 5. The molecule has 0 aromatic carbocycles. The van der Waals surface area contributed by atoms with Crippen molar-refractivity contribution < 1.29 is 42.9 Å². The fourth-order valence-electron chi connectivity index (χ4n) is 3.15. The Morgan fingerprint density at radius 3 is 1.70 bits per heavy atom. The van der Waals surface area contributed by atoms with Crippen LogP contribution in [0.4, 0.5) is 4.79 Å². The van der Waals surface area contributed by atoms with Crippen molar-refractivity contribution in [2.75, 3.05) is 52.8 Å². The molecule has 0 heterocycles. The average Bonchev–Trinajstić information content (AvgIpc) is 2.84. The number of unbranched alkanes of at least 4 members (excludes halogenated alkanes) is 4. The zero-order valence-corrected chi connectivity index (χ0v) is 24.6. The molecule has 5 amide bonds. The standard InChI is InChI=1S/C23H40Cl3N5O9/c24-23(25,26)16-40-21(36)30-9-5-3-1-2-4-6-20(35)31-22(15-39-12-19(29)34,13-37-10-7-17(27)32)14-38-11-8-18(28)33/h1-16H2,(H2,27,32)(H2,28,33)(H2,29,34)(H,30,36)(H,31,35). The number of nitrogens with two attached hydrogens (primary N) is 3. The molecule has 0 unspecified atom stereocenters. The number of primary amides is 3. The number of alkyl carbamates (subject to hydrolysis) is 1. The van der Waals surface area contributed by atoms with E-state index in [9.17, 15) is 24.0 Å². The van der Waals surface area contributed by atoms with Crippen LogP contribution < -0.4 is 27.8 Å². The van der Waals surface area contributed by atoms with Gasteiger partial charge in [-0.15, -0.1) is 0 Å². The van der Waals surface area contributed by atoms with Crippen LogP contribution in [0.25, 0.3) is 0 Å². The first kappa shape index (κ1) is 37.9. The Bertz CT molecular complexity index is 778. The molecular weight excluding hydrogens is 597 g/mol. The third-order valence-corrected chi connectivity index (χ3v) is 5.31. The van der Waals surface area contributed by atoms with E-state index in [1.807, 2.05) is 0 Å². The van der Waals surface area contributed by atoms with Gasteiger partial charge >= 0.3 is 6.09 Å². The molecule has 0 aromatic rings. The van der Waals surface area contributed by atoms with Gasteiger partial charge in [0.15, 0.2) is 0 Å². The molecule has 0 atom stereocenters. The Balaban J connectivity index is 4.70. The largest absolute Gasteiger partial charge is 0.445 e. The van der Waals surface area contributed by atoms with E-state index < -0.39 is 39.8 Å². The Morgan fingerprint density at radius 2 is 1.18 bits per heavy atom. The van der Waals surface area contributed by atoms with E-state index in [0.29, 0.717) is 19.4 Å². The molecule has 0 spiro atoms. The van der Waals surface area contributed by atoms with E-state index in [0.717, 1.165) is 19.3 Å². The van der Waals surface area contributed by atoms with Gasteiger partial charge < -0.3 is 46.8 Å². The lowest BCUT2D eigenvalue weighted by atomic mass is 10.0. The Hall–Kier alpha value is -2.10. The quantitative estimate of drug-likeness (QED) is 0.0736. The summed E-state index contributed by atoms with van der Waals surface area (Å²) in [6.07, 6.45) is 3.07. The number of hydrogen-bond acceptors (Lipinski definition) is 9. The maximum Gasteiger partial charge on any atom is 0.407 e. The highest BCUT2D eigenvalue weighted by Crippen LogP contribution is 2.25. The molecule has 0 aliphatic heterocycles. The minimum Gasteiger partial charge on any atom is -0.445 e. The summed E-state index contributed by atoms with van der Waals surface area (Å²) in [4.78, 5) is 57.5. The van der Waals surface area contributed by atoms with Crippen molar-refractivity contribution in [3.8, 4) is 0 Å². The smallest absolute Gasteiger partial charge is 0.407 e. The lowest BCUT2D eigenvalue weighted by Crippen LogP contribution is -2.59. The van der Waals surface area contributed by atoms with Crippen LogP contribution >= 0.6 is 34.8 Å². The minimum atomic E-state index is -1.67. The molecule has 17 heteroatoms. The maximum absolute atomic E-state index is 12.8. The van der Waals surface area contributed by atoms with E-state index >= 15 is 0 Å². The highest BCUT2D eigenvalue weighted by molar-refractivity contribution is 6.67. The number of nitrogens with one attached hydrogen (secondary N) is 2. The van der Waals surface area contributed by atoms with Crippen LogP contribution in [0.2, 0.25) is 0 Å². The lowest BCUT2D eigenvalue weighted by molar-refractivity contribution is -0.131. The van der Waals surface area contributed by atoms with Crippen molar-refractivity contribution >= 4 is 64.5 Å². The van der Waals surface area contributed by atoms with Crippen molar-refractivity contribution in [2.24, 2.45) is 17.2 Å². The number of rotatable bonds is 24. The van der Waals surface area contributed by atoms with Crippen LogP contribution in [0.1, 0.15) is 51.4 Å². The van der Waals surface area contributed by atoms with Crippen molar-refractivity contribution in [3.05, 3.63) is 0 Å². The van der Waals surface area contributed by atoms with Crippen molar-refractivity contribution in [2.45, 2.75) is 60.7 Å². The monoisotopic (exact) mass is 635 g/mol. The summed E-state index contributed by atoms with van der Waals surface area (Å²) < 4.78 is 19.5. The molecule has 8 N–H and O–H groups in total. The predicted octanol–water partition coefficient (Wildman–Crippen LogP) is 0.564. The number of ether oxygens (including phenoxy) is 4. The van der Waals surface area contributed by atoms with Crippen LogP contribution in [0.3, 0.4) is 0 Å². The highest BCUT2D eigenvalue weighted by atomic mass is 35.6. The third kappa shape index (κ3) is 23.8. The van der Waals surface area contributed by atoms with Crippen LogP contribution in [0, 0.1) is 0 Å². The van der Waals surface area contributed by atoms with Crippen LogP contribution in [0.15, 0.2) is 0 Å². The molecule has 0 aliphatic rings. The van der Waals surface area contributed by atoms with Gasteiger partial charge in [-0.3, -0.25) is 19.2 Å². The number of halogens is 3. The first-order valence-corrected chi connectivity index (χ1v) is 13.7. The summed E-state index contributed by atoms with van der Waals surface area (Å²) in [5.74, 6) is -2.15. The van der Waals surface area contributed by atoms with Gasteiger partial charge in [-0.25, -0.2) is 4.79 Å². The highest BCUT2D eigenvalue weighted by Gasteiger charge is 2.34. The molecule has 0 fully saturated rings. The molecule has 14 nitrogen and oxygen atoms in total. The van der Waals surface area contributed by atoms with Crippen molar-refractivity contribution in [1.29, 1.82) is 0 Å². The maximum atomic E-state index is 12.8. The lowest BCUT2D eigenvalue weighted by Gasteiger charge is -2.34. The van der Waals surface area contributed by atoms with Gasteiger partial charge in [0.1, 0.15) is 18.8 Å². The summed E-state index contributed by atoms with van der Waals surface area (Å²) in [5, 5.41) is 5.39. The molecule has 232 valence electrons. The van der Waals surface area contributed by atoms with Gasteiger partial charge in [0, 0.05) is 25.8 Å². The predicted molar refractivity (Wildman–Crippen MR) is 147 cm³/mol. The van der Waals surface area contributed by atoms with Crippen molar-refractivity contribution in [1.82, 2.24) is 10.6 Å². The third-order valence-electron chi connectivity index (χ3n) is 4.99. The summed E-state index contributed by atoms with van der Waals surface area (Å²) in [7, 11) is 0. The number of alkyl halides is 3. The van der Waals surface area contributed by atoms with E-state index in [1.54, 1.807) is 0 Å². The topological polar surface area (TPSA) is 224 Å². The van der Waals surface area contributed by atoms with E-state index in [4.69, 9.17) is 71.0 Å². The fraction of sp³-hybridized carbons (Fsp3) is 0.783. The van der Waals surface area contributed by atoms with E-state index in [-0.39, 0.29) is 64.8 Å². The second-order valence-electron chi connectivity index (χ2n) is 8.96. The Morgan fingerprint density at radius 1 is 0.650 bits per heavy atom. The molecule has 0 aliphatic carbocycles. The SMILES string of the molecule is NC(=O)CCOCC(COCCC(N)=O)(COCC(N)=O)NC(=O)CCCCCCCNC(=O)OCC(Cl)(Cl)Cl. The summed E-state index contributed by atoms with van der Waals surface area (Å²) in [6.45, 7) is -0.836. The average molecular weight is 637 g/mol. The first-order valence-electron chi connectivity index (χ1n) is 12.6. The van der Waals surface area contributed by atoms with Gasteiger partial charge in [0.2, 0.25) is 27.4 Å². The van der Waals surface area contributed by atoms with Gasteiger partial charge in [0.25, 0.3) is 0 Å². The molecule has 0 saturated heterocycles. The van der Waals surface area contributed by atoms with Crippen LogP contribution in [0.5, 0.6) is 0 Å². The summed E-state index contributed by atoms with van der Waals surface area (Å²) in [5.41, 5.74) is 14.2. The van der Waals surface area contributed by atoms with Crippen molar-refractivity contribution in [3.63, 3.8) is 0 Å².